The summed E-state index contributed by atoms with van der Waals surface area (Å²) in [6.45, 7) is 4.73. The average Bonchev–Trinajstić information content (AvgIpc) is 3.09. The highest BCUT2D eigenvalue weighted by Gasteiger charge is 2.21. The summed E-state index contributed by atoms with van der Waals surface area (Å²) in [7, 11) is 3.95. The molecular weight excluding hydrogens is 340 g/mol. The number of hydrogen-bond donors (Lipinski definition) is 1. The smallest absolute Gasteiger partial charge is 0.226 e. The van der Waals surface area contributed by atoms with Crippen LogP contribution in [0.3, 0.4) is 0 Å². The molecule has 0 aromatic carbocycles. The van der Waals surface area contributed by atoms with Crippen LogP contribution in [0.4, 0.5) is 11.8 Å². The summed E-state index contributed by atoms with van der Waals surface area (Å²) in [5.41, 5.74) is 1.89. The van der Waals surface area contributed by atoms with Crippen molar-refractivity contribution >= 4 is 17.4 Å². The van der Waals surface area contributed by atoms with Gasteiger partial charge in [-0.05, 0) is 31.9 Å². The maximum absolute atomic E-state index is 4.70. The van der Waals surface area contributed by atoms with Crippen LogP contribution in [0.25, 0.3) is 5.65 Å². The molecule has 3 aromatic heterocycles. The molecule has 1 aliphatic heterocycles. The number of rotatable bonds is 5. The lowest BCUT2D eigenvalue weighted by Crippen LogP contribution is -2.43. The van der Waals surface area contributed by atoms with Crippen LogP contribution in [-0.2, 0) is 6.54 Å². The molecule has 0 aliphatic carbocycles. The molecule has 0 saturated carbocycles. The Morgan fingerprint density at radius 1 is 1.15 bits per heavy atom. The normalized spacial score (nSPS) is 15.4. The van der Waals surface area contributed by atoms with E-state index in [9.17, 15) is 0 Å². The van der Waals surface area contributed by atoms with Crippen molar-refractivity contribution in [3.63, 3.8) is 0 Å². The van der Waals surface area contributed by atoms with Gasteiger partial charge in [-0.25, -0.2) is 4.98 Å². The van der Waals surface area contributed by atoms with Crippen LogP contribution in [0.5, 0.6) is 0 Å². The fourth-order valence-electron chi connectivity index (χ4n) is 3.46. The van der Waals surface area contributed by atoms with Crippen LogP contribution >= 0.6 is 0 Å². The number of piperidine rings is 1. The van der Waals surface area contributed by atoms with Gasteiger partial charge in [-0.15, -0.1) is 10.2 Å². The van der Waals surface area contributed by atoms with Crippen LogP contribution in [-0.4, -0.2) is 57.8 Å². The SMILES string of the molecule is Cc1cc(N2CCC(NCc3nnc4ccccn34)CC2)nc(N(C)C)n1. The minimum Gasteiger partial charge on any atom is -0.356 e. The Balaban J connectivity index is 1.35. The van der Waals surface area contributed by atoms with Gasteiger partial charge in [0.25, 0.3) is 0 Å². The molecule has 1 fully saturated rings. The highest BCUT2D eigenvalue weighted by Crippen LogP contribution is 2.21. The summed E-state index contributed by atoms with van der Waals surface area (Å²) in [6, 6.07) is 8.51. The Hall–Kier alpha value is -2.74. The third-order valence-electron chi connectivity index (χ3n) is 4.98. The van der Waals surface area contributed by atoms with E-state index in [1.54, 1.807) is 0 Å². The van der Waals surface area contributed by atoms with Crippen LogP contribution < -0.4 is 15.1 Å². The number of nitrogens with zero attached hydrogens (tertiary/aromatic N) is 7. The van der Waals surface area contributed by atoms with Gasteiger partial charge in [0, 0.05) is 51.2 Å². The number of aryl methyl sites for hydroxylation is 1. The highest BCUT2D eigenvalue weighted by molar-refractivity contribution is 5.45. The Labute approximate surface area is 159 Å². The molecule has 8 heteroatoms. The Bertz CT molecular complexity index is 911. The first kappa shape index (κ1) is 17.7. The van der Waals surface area contributed by atoms with Gasteiger partial charge in [0.15, 0.2) is 11.5 Å². The number of hydrogen-bond acceptors (Lipinski definition) is 7. The molecule has 0 atom stereocenters. The number of anilines is 2. The van der Waals surface area contributed by atoms with E-state index < -0.39 is 0 Å². The predicted molar refractivity (Wildman–Crippen MR) is 106 cm³/mol. The second kappa shape index (κ2) is 7.48. The van der Waals surface area contributed by atoms with E-state index in [4.69, 9.17) is 4.98 Å². The van der Waals surface area contributed by atoms with Crippen LogP contribution in [0.2, 0.25) is 0 Å². The fourth-order valence-corrected chi connectivity index (χ4v) is 3.46. The summed E-state index contributed by atoms with van der Waals surface area (Å²) in [5.74, 6) is 2.74. The second-order valence-electron chi connectivity index (χ2n) is 7.25. The highest BCUT2D eigenvalue weighted by atomic mass is 15.3. The Morgan fingerprint density at radius 3 is 2.74 bits per heavy atom. The summed E-state index contributed by atoms with van der Waals surface area (Å²) >= 11 is 0. The van der Waals surface area contributed by atoms with Crippen LogP contribution in [0.1, 0.15) is 24.4 Å². The van der Waals surface area contributed by atoms with E-state index in [0.717, 1.165) is 61.4 Å². The third kappa shape index (κ3) is 3.85. The molecule has 0 bridgehead atoms. The van der Waals surface area contributed by atoms with Gasteiger partial charge in [-0.2, -0.15) is 4.98 Å². The Kier molecular flexibility index (Phi) is 4.89. The van der Waals surface area contributed by atoms with Crippen LogP contribution in [0.15, 0.2) is 30.5 Å². The van der Waals surface area contributed by atoms with E-state index in [0.29, 0.717) is 6.04 Å². The van der Waals surface area contributed by atoms with Crippen molar-refractivity contribution in [2.75, 3.05) is 37.0 Å². The molecule has 4 heterocycles. The van der Waals surface area contributed by atoms with Crippen molar-refractivity contribution in [2.24, 2.45) is 0 Å². The van der Waals surface area contributed by atoms with E-state index in [1.807, 2.05) is 54.7 Å². The van der Waals surface area contributed by atoms with Gasteiger partial charge in [0.05, 0.1) is 6.54 Å². The molecule has 3 aromatic rings. The van der Waals surface area contributed by atoms with Crippen molar-refractivity contribution in [3.05, 3.63) is 42.0 Å². The van der Waals surface area contributed by atoms with E-state index in [-0.39, 0.29) is 0 Å². The number of fused-ring (bicyclic) bond motifs is 1. The maximum atomic E-state index is 4.70. The number of aromatic nitrogens is 5. The van der Waals surface area contributed by atoms with Gasteiger partial charge in [0.2, 0.25) is 5.95 Å². The summed E-state index contributed by atoms with van der Waals surface area (Å²) in [6.07, 6.45) is 4.17. The molecule has 0 radical (unpaired) electrons. The molecule has 1 saturated heterocycles. The van der Waals surface area contributed by atoms with Gasteiger partial charge < -0.3 is 15.1 Å². The Morgan fingerprint density at radius 2 is 1.96 bits per heavy atom. The summed E-state index contributed by atoms with van der Waals surface area (Å²) in [4.78, 5) is 13.5. The largest absolute Gasteiger partial charge is 0.356 e. The maximum Gasteiger partial charge on any atom is 0.226 e. The molecule has 142 valence electrons. The van der Waals surface area contributed by atoms with Gasteiger partial charge in [-0.1, -0.05) is 6.07 Å². The molecule has 1 aliphatic rings. The first-order valence-corrected chi connectivity index (χ1v) is 9.40. The van der Waals surface area contributed by atoms with Crippen molar-refractivity contribution in [3.8, 4) is 0 Å². The lowest BCUT2D eigenvalue weighted by Gasteiger charge is -2.33. The van der Waals surface area contributed by atoms with Crippen LogP contribution in [0, 0.1) is 6.92 Å². The molecule has 0 unspecified atom stereocenters. The van der Waals surface area contributed by atoms with Crippen molar-refractivity contribution in [2.45, 2.75) is 32.4 Å². The van der Waals surface area contributed by atoms with E-state index in [1.165, 1.54) is 0 Å². The van der Waals surface area contributed by atoms with Crippen molar-refractivity contribution in [1.29, 1.82) is 0 Å². The predicted octanol–water partition coefficient (Wildman–Crippen LogP) is 1.65. The first-order valence-electron chi connectivity index (χ1n) is 9.40. The summed E-state index contributed by atoms with van der Waals surface area (Å²) in [5, 5.41) is 12.1. The molecule has 0 spiro atoms. The lowest BCUT2D eigenvalue weighted by atomic mass is 10.1. The van der Waals surface area contributed by atoms with Gasteiger partial charge in [-0.3, -0.25) is 4.40 Å². The third-order valence-corrected chi connectivity index (χ3v) is 4.98. The molecule has 4 rings (SSSR count). The fraction of sp³-hybridized carbons (Fsp3) is 0.474. The lowest BCUT2D eigenvalue weighted by molar-refractivity contribution is 0.407. The zero-order chi connectivity index (χ0) is 18.8. The summed E-state index contributed by atoms with van der Waals surface area (Å²) < 4.78 is 2.04. The molecule has 8 nitrogen and oxygen atoms in total. The quantitative estimate of drug-likeness (QED) is 0.736. The topological polar surface area (TPSA) is 74.5 Å². The van der Waals surface area contributed by atoms with Gasteiger partial charge in [0.1, 0.15) is 5.82 Å². The molecule has 0 amide bonds. The van der Waals surface area contributed by atoms with Crippen molar-refractivity contribution < 1.29 is 0 Å². The standard InChI is InChI=1S/C19H26N8/c1-14-12-17(22-19(21-14)25(2)3)26-10-7-15(8-11-26)20-13-18-24-23-16-6-4-5-9-27(16)18/h4-6,9,12,15,20H,7-8,10-11,13H2,1-3H3. The zero-order valence-corrected chi connectivity index (χ0v) is 16.1. The van der Waals surface area contributed by atoms with E-state index >= 15 is 0 Å². The monoisotopic (exact) mass is 366 g/mol. The van der Waals surface area contributed by atoms with Gasteiger partial charge >= 0.3 is 0 Å². The van der Waals surface area contributed by atoms with Crippen molar-refractivity contribution in [1.82, 2.24) is 29.9 Å². The minimum absolute atomic E-state index is 0.480. The van der Waals surface area contributed by atoms with E-state index in [2.05, 4.69) is 31.5 Å². The zero-order valence-electron chi connectivity index (χ0n) is 16.1. The molecule has 1 N–H and O–H groups in total. The molecule has 27 heavy (non-hydrogen) atoms. The average molecular weight is 366 g/mol. The minimum atomic E-state index is 0.480. The number of nitrogens with one attached hydrogen (secondary N) is 1. The number of pyridine rings is 1. The first-order chi connectivity index (χ1) is 13.1. The molecular formula is C19H26N8. The second-order valence-corrected chi connectivity index (χ2v) is 7.25.